The highest BCUT2D eigenvalue weighted by atomic mass is 16.2. The van der Waals surface area contributed by atoms with Crippen molar-refractivity contribution in [1.82, 2.24) is 20.2 Å². The second kappa shape index (κ2) is 7.88. The van der Waals surface area contributed by atoms with E-state index in [0.717, 1.165) is 11.1 Å². The molecule has 2 aromatic rings. The van der Waals surface area contributed by atoms with Crippen LogP contribution in [0, 0.1) is 13.8 Å². The Morgan fingerprint density at radius 1 is 1.29 bits per heavy atom. The molecule has 2 rings (SSSR count). The predicted octanol–water partition coefficient (Wildman–Crippen LogP) is 1.35. The van der Waals surface area contributed by atoms with Crippen LogP contribution >= 0.6 is 0 Å². The fourth-order valence-electron chi connectivity index (χ4n) is 2.71. The van der Waals surface area contributed by atoms with E-state index in [1.807, 2.05) is 50.2 Å². The highest BCUT2D eigenvalue weighted by Gasteiger charge is 2.23. The molecular weight excluding hydrogens is 304 g/mol. The number of H-pyrrole nitrogens is 1. The van der Waals surface area contributed by atoms with Crippen molar-refractivity contribution in [3.8, 4) is 0 Å². The Morgan fingerprint density at radius 3 is 2.62 bits per heavy atom. The van der Waals surface area contributed by atoms with Crippen LogP contribution < -0.4 is 10.9 Å². The quantitative estimate of drug-likeness (QED) is 0.839. The number of nitrogens with one attached hydrogen (secondary N) is 2. The number of amides is 1. The van der Waals surface area contributed by atoms with E-state index >= 15 is 0 Å². The van der Waals surface area contributed by atoms with Gasteiger partial charge in [0.15, 0.2) is 0 Å². The van der Waals surface area contributed by atoms with E-state index in [2.05, 4.69) is 15.3 Å². The van der Waals surface area contributed by atoms with E-state index in [1.165, 1.54) is 6.07 Å². The molecule has 0 aliphatic heterocycles. The molecule has 24 heavy (non-hydrogen) atoms. The molecule has 0 saturated carbocycles. The SMILES string of the molecule is Cc1cc(=O)[nH]c(CCNC(=O)[C@@H](c2ccccc2C)N(C)C)n1. The van der Waals surface area contributed by atoms with Gasteiger partial charge < -0.3 is 10.3 Å². The smallest absolute Gasteiger partial charge is 0.251 e. The van der Waals surface area contributed by atoms with Gasteiger partial charge in [-0.25, -0.2) is 4.98 Å². The summed E-state index contributed by atoms with van der Waals surface area (Å²) in [6, 6.07) is 8.97. The van der Waals surface area contributed by atoms with Crippen LogP contribution in [0.15, 0.2) is 35.1 Å². The number of carbonyl (C=O) groups excluding carboxylic acids is 1. The summed E-state index contributed by atoms with van der Waals surface area (Å²) in [6.07, 6.45) is 0.483. The number of hydrogen-bond donors (Lipinski definition) is 2. The number of aromatic nitrogens is 2. The minimum atomic E-state index is -0.351. The molecule has 1 amide bonds. The lowest BCUT2D eigenvalue weighted by molar-refractivity contribution is -0.125. The molecular formula is C18H24N4O2. The van der Waals surface area contributed by atoms with E-state index in [1.54, 1.807) is 6.92 Å². The van der Waals surface area contributed by atoms with E-state index < -0.39 is 0 Å². The molecule has 1 heterocycles. The Hall–Kier alpha value is -2.47. The van der Waals surface area contributed by atoms with Gasteiger partial charge in [-0.2, -0.15) is 0 Å². The minimum Gasteiger partial charge on any atom is -0.354 e. The minimum absolute atomic E-state index is 0.0655. The van der Waals surface area contributed by atoms with Gasteiger partial charge in [0.25, 0.3) is 5.56 Å². The molecule has 0 unspecified atom stereocenters. The average molecular weight is 328 g/mol. The summed E-state index contributed by atoms with van der Waals surface area (Å²) in [5.74, 6) is 0.516. The van der Waals surface area contributed by atoms with Crippen LogP contribution in [0.4, 0.5) is 0 Å². The highest BCUT2D eigenvalue weighted by Crippen LogP contribution is 2.21. The monoisotopic (exact) mass is 328 g/mol. The first-order chi connectivity index (χ1) is 11.4. The largest absolute Gasteiger partial charge is 0.354 e. The molecule has 6 nitrogen and oxygen atoms in total. The van der Waals surface area contributed by atoms with Crippen molar-refractivity contribution in [1.29, 1.82) is 0 Å². The molecule has 6 heteroatoms. The maximum absolute atomic E-state index is 12.6. The van der Waals surface area contributed by atoms with Crippen LogP contribution in [0.3, 0.4) is 0 Å². The number of aryl methyl sites for hydroxylation is 2. The first-order valence-corrected chi connectivity index (χ1v) is 7.95. The summed E-state index contributed by atoms with van der Waals surface area (Å²) in [6.45, 7) is 4.19. The van der Waals surface area contributed by atoms with Gasteiger partial charge in [-0.15, -0.1) is 0 Å². The molecule has 0 aliphatic carbocycles. The zero-order chi connectivity index (χ0) is 17.7. The Labute approximate surface area is 141 Å². The number of carbonyl (C=O) groups is 1. The van der Waals surface area contributed by atoms with E-state index in [0.29, 0.717) is 24.5 Å². The lowest BCUT2D eigenvalue weighted by atomic mass is 10.00. The van der Waals surface area contributed by atoms with E-state index in [4.69, 9.17) is 0 Å². The molecule has 0 bridgehead atoms. The van der Waals surface area contributed by atoms with Crippen molar-refractivity contribution < 1.29 is 4.79 Å². The second-order valence-electron chi connectivity index (χ2n) is 6.10. The summed E-state index contributed by atoms with van der Waals surface area (Å²) in [5, 5.41) is 2.93. The number of hydrogen-bond acceptors (Lipinski definition) is 4. The van der Waals surface area contributed by atoms with Gasteiger partial charge in [-0.1, -0.05) is 24.3 Å². The fraction of sp³-hybridized carbons (Fsp3) is 0.389. The molecule has 1 atom stereocenters. The number of aromatic amines is 1. The molecule has 0 aliphatic rings. The summed E-state index contributed by atoms with van der Waals surface area (Å²) in [7, 11) is 3.77. The van der Waals surface area contributed by atoms with Crippen LogP contribution in [-0.2, 0) is 11.2 Å². The first-order valence-electron chi connectivity index (χ1n) is 7.95. The Morgan fingerprint density at radius 2 is 2.00 bits per heavy atom. The third-order valence-electron chi connectivity index (χ3n) is 3.83. The third kappa shape index (κ3) is 4.52. The maximum atomic E-state index is 12.6. The van der Waals surface area contributed by atoms with E-state index in [9.17, 15) is 9.59 Å². The van der Waals surface area contributed by atoms with Gasteiger partial charge in [0.2, 0.25) is 5.91 Å². The van der Waals surface area contributed by atoms with Gasteiger partial charge in [0.05, 0.1) is 0 Å². The molecule has 128 valence electrons. The molecule has 2 N–H and O–H groups in total. The van der Waals surface area contributed by atoms with Crippen LogP contribution in [0.1, 0.15) is 28.7 Å². The maximum Gasteiger partial charge on any atom is 0.251 e. The van der Waals surface area contributed by atoms with Crippen LogP contribution in [0.2, 0.25) is 0 Å². The summed E-state index contributed by atoms with van der Waals surface area (Å²) in [4.78, 5) is 32.9. The zero-order valence-corrected chi connectivity index (χ0v) is 14.6. The standard InChI is InChI=1S/C18H24N4O2/c1-12-7-5-6-8-14(12)17(22(3)4)18(24)19-10-9-15-20-13(2)11-16(23)21-15/h5-8,11,17H,9-10H2,1-4H3,(H,19,24)(H,20,21,23)/t17-/m1/s1. The predicted molar refractivity (Wildman–Crippen MR) is 93.9 cm³/mol. The van der Waals surface area contributed by atoms with Crippen LogP contribution in [0.25, 0.3) is 0 Å². The lowest BCUT2D eigenvalue weighted by Gasteiger charge is -2.25. The van der Waals surface area contributed by atoms with Crippen molar-refractivity contribution in [3.63, 3.8) is 0 Å². The zero-order valence-electron chi connectivity index (χ0n) is 14.6. The summed E-state index contributed by atoms with van der Waals surface area (Å²) >= 11 is 0. The number of benzene rings is 1. The number of likely N-dealkylation sites (N-methyl/N-ethyl adjacent to an activating group) is 1. The molecule has 0 radical (unpaired) electrons. The fourth-order valence-corrected chi connectivity index (χ4v) is 2.71. The second-order valence-corrected chi connectivity index (χ2v) is 6.10. The lowest BCUT2D eigenvalue weighted by Crippen LogP contribution is -2.38. The Balaban J connectivity index is 2.04. The van der Waals surface area contributed by atoms with Crippen LogP contribution in [-0.4, -0.2) is 41.4 Å². The van der Waals surface area contributed by atoms with Gasteiger partial charge in [-0.05, 0) is 39.1 Å². The van der Waals surface area contributed by atoms with Gasteiger partial charge >= 0.3 is 0 Å². The van der Waals surface area contributed by atoms with Crippen molar-refractivity contribution in [2.24, 2.45) is 0 Å². The molecule has 1 aromatic heterocycles. The van der Waals surface area contributed by atoms with Crippen LogP contribution in [0.5, 0.6) is 0 Å². The summed E-state index contributed by atoms with van der Waals surface area (Å²) in [5.41, 5.74) is 2.57. The highest BCUT2D eigenvalue weighted by molar-refractivity contribution is 5.83. The van der Waals surface area contributed by atoms with Gasteiger partial charge in [0, 0.05) is 24.7 Å². The molecule has 0 saturated heterocycles. The topological polar surface area (TPSA) is 78.1 Å². The number of nitrogens with zero attached hydrogens (tertiary/aromatic N) is 2. The van der Waals surface area contributed by atoms with Gasteiger partial charge in [-0.3, -0.25) is 14.5 Å². The molecule has 0 fully saturated rings. The first kappa shape index (κ1) is 17.9. The van der Waals surface area contributed by atoms with E-state index in [-0.39, 0.29) is 17.5 Å². The Bertz CT molecular complexity index is 768. The van der Waals surface area contributed by atoms with Crippen molar-refractivity contribution in [2.45, 2.75) is 26.3 Å². The molecule has 0 spiro atoms. The van der Waals surface area contributed by atoms with Gasteiger partial charge in [0.1, 0.15) is 11.9 Å². The number of rotatable bonds is 6. The summed E-state index contributed by atoms with van der Waals surface area (Å²) < 4.78 is 0. The third-order valence-corrected chi connectivity index (χ3v) is 3.83. The molecule has 1 aromatic carbocycles. The average Bonchev–Trinajstić information content (AvgIpc) is 2.48. The van der Waals surface area contributed by atoms with Crippen molar-refractivity contribution >= 4 is 5.91 Å². The van der Waals surface area contributed by atoms with Crippen molar-refractivity contribution in [3.05, 3.63) is 63.3 Å². The Kier molecular flexibility index (Phi) is 5.87. The van der Waals surface area contributed by atoms with Crippen molar-refractivity contribution in [2.75, 3.05) is 20.6 Å². The normalized spacial score (nSPS) is 12.2.